The summed E-state index contributed by atoms with van der Waals surface area (Å²) in [7, 11) is 2.03. The van der Waals surface area contributed by atoms with Crippen molar-refractivity contribution in [2.24, 2.45) is 0 Å². The van der Waals surface area contributed by atoms with Crippen LogP contribution in [0, 0.1) is 5.82 Å². The van der Waals surface area contributed by atoms with Gasteiger partial charge in [0.05, 0.1) is 6.04 Å². The molecule has 0 bridgehead atoms. The van der Waals surface area contributed by atoms with Gasteiger partial charge in [0.15, 0.2) is 0 Å². The number of nitrogens with one attached hydrogen (secondary N) is 1. The van der Waals surface area contributed by atoms with Crippen LogP contribution in [0.4, 0.5) is 10.1 Å². The summed E-state index contributed by atoms with van der Waals surface area (Å²) in [5.41, 5.74) is 1.69. The molecule has 0 aliphatic heterocycles. The van der Waals surface area contributed by atoms with Crippen molar-refractivity contribution in [1.29, 1.82) is 0 Å². The van der Waals surface area contributed by atoms with Crippen LogP contribution in [0.25, 0.3) is 0 Å². The Labute approximate surface area is 130 Å². The maximum Gasteiger partial charge on any atom is 0.130 e. The first-order valence-electron chi connectivity index (χ1n) is 7.34. The third-order valence-corrected chi connectivity index (χ3v) is 4.93. The number of rotatable bonds is 6. The molecule has 1 aromatic heterocycles. The van der Waals surface area contributed by atoms with Gasteiger partial charge in [0.1, 0.15) is 5.82 Å². The van der Waals surface area contributed by atoms with E-state index in [0.717, 1.165) is 17.8 Å². The molecule has 2 atom stereocenters. The lowest BCUT2D eigenvalue weighted by atomic mass is 10.0. The number of halogens is 1. The first-order chi connectivity index (χ1) is 10.1. The molecule has 0 aliphatic carbocycles. The van der Waals surface area contributed by atoms with Crippen LogP contribution in [0.5, 0.6) is 0 Å². The molecule has 0 saturated carbocycles. The Morgan fingerprint density at radius 1 is 1.24 bits per heavy atom. The van der Waals surface area contributed by atoms with Crippen molar-refractivity contribution in [3.05, 3.63) is 52.0 Å². The zero-order valence-corrected chi connectivity index (χ0v) is 13.9. The normalized spacial score (nSPS) is 14.0. The summed E-state index contributed by atoms with van der Waals surface area (Å²) in [5, 5.41) is 5.38. The summed E-state index contributed by atoms with van der Waals surface area (Å²) in [6, 6.07) is 9.71. The van der Waals surface area contributed by atoms with Crippen molar-refractivity contribution in [2.75, 3.05) is 18.5 Å². The summed E-state index contributed by atoms with van der Waals surface area (Å²) in [6.45, 7) is 7.02. The summed E-state index contributed by atoms with van der Waals surface area (Å²) in [4.78, 5) is 3.43. The fourth-order valence-electron chi connectivity index (χ4n) is 2.60. The Morgan fingerprint density at radius 3 is 2.62 bits per heavy atom. The highest BCUT2D eigenvalue weighted by Crippen LogP contribution is 2.34. The van der Waals surface area contributed by atoms with E-state index in [1.54, 1.807) is 17.4 Å². The standard InChI is InChI=1S/C17H23FN2S/c1-5-19-12(2)17-14(18)8-6-9-15(17)20(4)13(3)16-10-7-11-21-16/h6-13,19H,5H2,1-4H3. The molecule has 4 heteroatoms. The van der Waals surface area contributed by atoms with Crippen LogP contribution in [0.3, 0.4) is 0 Å². The van der Waals surface area contributed by atoms with Gasteiger partial charge in [0, 0.05) is 29.2 Å². The first-order valence-corrected chi connectivity index (χ1v) is 8.22. The van der Waals surface area contributed by atoms with Gasteiger partial charge in [-0.2, -0.15) is 0 Å². The van der Waals surface area contributed by atoms with Gasteiger partial charge in [-0.25, -0.2) is 4.39 Å². The topological polar surface area (TPSA) is 15.3 Å². The average Bonchev–Trinajstić information content (AvgIpc) is 2.99. The maximum absolute atomic E-state index is 14.3. The Balaban J connectivity index is 2.36. The van der Waals surface area contributed by atoms with Crippen LogP contribution in [-0.2, 0) is 0 Å². The van der Waals surface area contributed by atoms with Crippen LogP contribution in [-0.4, -0.2) is 13.6 Å². The van der Waals surface area contributed by atoms with Crippen molar-refractivity contribution in [1.82, 2.24) is 5.32 Å². The second-order valence-corrected chi connectivity index (χ2v) is 6.23. The van der Waals surface area contributed by atoms with Crippen LogP contribution < -0.4 is 10.2 Å². The highest BCUT2D eigenvalue weighted by Gasteiger charge is 2.21. The molecule has 0 saturated heterocycles. The number of nitrogens with zero attached hydrogens (tertiary/aromatic N) is 1. The second kappa shape index (κ2) is 7.05. The molecule has 0 fully saturated rings. The van der Waals surface area contributed by atoms with Crippen LogP contribution in [0.15, 0.2) is 35.7 Å². The maximum atomic E-state index is 14.3. The highest BCUT2D eigenvalue weighted by molar-refractivity contribution is 7.10. The fraction of sp³-hybridized carbons (Fsp3) is 0.412. The van der Waals surface area contributed by atoms with Gasteiger partial charge in [-0.3, -0.25) is 0 Å². The Bertz CT molecular complexity index is 568. The molecule has 2 nitrogen and oxygen atoms in total. The number of hydrogen-bond donors (Lipinski definition) is 1. The van der Waals surface area contributed by atoms with Gasteiger partial charge in [-0.15, -0.1) is 11.3 Å². The fourth-order valence-corrected chi connectivity index (χ4v) is 3.43. The molecular formula is C17H23FN2S. The SMILES string of the molecule is CCNC(C)c1c(F)cccc1N(C)C(C)c1cccs1. The quantitative estimate of drug-likeness (QED) is 0.828. The third kappa shape index (κ3) is 3.44. The molecule has 1 aromatic carbocycles. The summed E-state index contributed by atoms with van der Waals surface area (Å²) < 4.78 is 14.3. The molecule has 2 unspecified atom stereocenters. The molecule has 2 aromatic rings. The van der Waals surface area contributed by atoms with E-state index in [0.29, 0.717) is 0 Å². The molecule has 1 heterocycles. The molecule has 114 valence electrons. The number of anilines is 1. The summed E-state index contributed by atoms with van der Waals surface area (Å²) in [6.07, 6.45) is 0. The van der Waals surface area contributed by atoms with E-state index >= 15 is 0 Å². The van der Waals surface area contributed by atoms with E-state index in [2.05, 4.69) is 34.7 Å². The Kier molecular flexibility index (Phi) is 5.37. The van der Waals surface area contributed by atoms with Crippen LogP contribution >= 0.6 is 11.3 Å². The Morgan fingerprint density at radius 2 is 2.00 bits per heavy atom. The monoisotopic (exact) mass is 306 g/mol. The molecular weight excluding hydrogens is 283 g/mol. The molecule has 1 N–H and O–H groups in total. The number of benzene rings is 1. The number of thiophene rings is 1. The van der Waals surface area contributed by atoms with Gasteiger partial charge in [-0.05, 0) is 44.0 Å². The second-order valence-electron chi connectivity index (χ2n) is 5.25. The van der Waals surface area contributed by atoms with Crippen molar-refractivity contribution < 1.29 is 4.39 Å². The van der Waals surface area contributed by atoms with E-state index in [4.69, 9.17) is 0 Å². The largest absolute Gasteiger partial charge is 0.367 e. The summed E-state index contributed by atoms with van der Waals surface area (Å²) >= 11 is 1.73. The lowest BCUT2D eigenvalue weighted by Gasteiger charge is -2.30. The first kappa shape index (κ1) is 16.0. The molecule has 2 rings (SSSR count). The molecule has 0 spiro atoms. The van der Waals surface area contributed by atoms with E-state index in [1.807, 2.05) is 27.0 Å². The van der Waals surface area contributed by atoms with Crippen molar-refractivity contribution >= 4 is 17.0 Å². The minimum absolute atomic E-state index is 0.0100. The predicted octanol–water partition coefficient (Wildman–Crippen LogP) is 4.76. The van der Waals surface area contributed by atoms with Gasteiger partial charge < -0.3 is 10.2 Å². The smallest absolute Gasteiger partial charge is 0.130 e. The van der Waals surface area contributed by atoms with Crippen molar-refractivity contribution in [3.63, 3.8) is 0 Å². The minimum atomic E-state index is -0.147. The zero-order chi connectivity index (χ0) is 15.4. The lowest BCUT2D eigenvalue weighted by Crippen LogP contribution is -2.26. The molecule has 0 amide bonds. The van der Waals surface area contributed by atoms with E-state index < -0.39 is 0 Å². The zero-order valence-electron chi connectivity index (χ0n) is 13.1. The van der Waals surface area contributed by atoms with Crippen LogP contribution in [0.1, 0.15) is 43.3 Å². The van der Waals surface area contributed by atoms with E-state index in [-0.39, 0.29) is 17.9 Å². The van der Waals surface area contributed by atoms with Crippen LogP contribution in [0.2, 0.25) is 0 Å². The number of hydrogen-bond acceptors (Lipinski definition) is 3. The predicted molar refractivity (Wildman–Crippen MR) is 89.6 cm³/mol. The molecule has 0 radical (unpaired) electrons. The van der Waals surface area contributed by atoms with Gasteiger partial charge in [-0.1, -0.05) is 19.1 Å². The summed E-state index contributed by atoms with van der Waals surface area (Å²) in [5.74, 6) is -0.147. The van der Waals surface area contributed by atoms with E-state index in [9.17, 15) is 4.39 Å². The van der Waals surface area contributed by atoms with E-state index in [1.165, 1.54) is 10.9 Å². The molecule has 0 aliphatic rings. The van der Waals surface area contributed by atoms with Crippen molar-refractivity contribution in [3.8, 4) is 0 Å². The van der Waals surface area contributed by atoms with Gasteiger partial charge >= 0.3 is 0 Å². The molecule has 21 heavy (non-hydrogen) atoms. The average molecular weight is 306 g/mol. The third-order valence-electron chi connectivity index (χ3n) is 3.89. The minimum Gasteiger partial charge on any atom is -0.367 e. The lowest BCUT2D eigenvalue weighted by molar-refractivity contribution is 0.538. The highest BCUT2D eigenvalue weighted by atomic mass is 32.1. The van der Waals surface area contributed by atoms with Gasteiger partial charge in [0.2, 0.25) is 0 Å². The Hall–Kier alpha value is -1.39. The van der Waals surface area contributed by atoms with Crippen molar-refractivity contribution in [2.45, 2.75) is 32.9 Å². The van der Waals surface area contributed by atoms with Gasteiger partial charge in [0.25, 0.3) is 0 Å².